The smallest absolute Gasteiger partial charge is 0.0491 e. The SMILES string of the molecule is CCCNC(CN1CCC(COC)CC1)C1CCCCC1. The van der Waals surface area contributed by atoms with E-state index in [1.807, 2.05) is 7.11 Å². The van der Waals surface area contributed by atoms with Gasteiger partial charge in [-0.2, -0.15) is 0 Å². The van der Waals surface area contributed by atoms with Crippen molar-refractivity contribution in [1.29, 1.82) is 0 Å². The number of nitrogens with one attached hydrogen (secondary N) is 1. The summed E-state index contributed by atoms with van der Waals surface area (Å²) in [6.45, 7) is 8.22. The Balaban J connectivity index is 1.78. The number of hydrogen-bond donors (Lipinski definition) is 1. The Morgan fingerprint density at radius 3 is 2.43 bits per heavy atom. The van der Waals surface area contributed by atoms with Crippen molar-refractivity contribution in [3.05, 3.63) is 0 Å². The monoisotopic (exact) mass is 296 g/mol. The number of nitrogens with zero attached hydrogens (tertiary/aromatic N) is 1. The molecule has 1 saturated heterocycles. The topological polar surface area (TPSA) is 24.5 Å². The summed E-state index contributed by atoms with van der Waals surface area (Å²) in [5, 5.41) is 3.86. The molecule has 0 aromatic rings. The molecule has 1 N–H and O–H groups in total. The van der Waals surface area contributed by atoms with Crippen molar-refractivity contribution in [2.24, 2.45) is 11.8 Å². The summed E-state index contributed by atoms with van der Waals surface area (Å²) in [4.78, 5) is 2.70. The van der Waals surface area contributed by atoms with Crippen LogP contribution in [0, 0.1) is 11.8 Å². The molecule has 1 aliphatic heterocycles. The lowest BCUT2D eigenvalue weighted by Crippen LogP contribution is -2.48. The first-order chi connectivity index (χ1) is 10.3. The normalized spacial score (nSPS) is 24.3. The average Bonchev–Trinajstić information content (AvgIpc) is 2.54. The molecule has 3 heteroatoms. The maximum absolute atomic E-state index is 5.32. The molecule has 124 valence electrons. The Morgan fingerprint density at radius 2 is 1.81 bits per heavy atom. The van der Waals surface area contributed by atoms with Crippen molar-refractivity contribution in [3.63, 3.8) is 0 Å². The van der Waals surface area contributed by atoms with Gasteiger partial charge in [-0.3, -0.25) is 0 Å². The van der Waals surface area contributed by atoms with E-state index in [0.717, 1.165) is 24.5 Å². The van der Waals surface area contributed by atoms with E-state index in [4.69, 9.17) is 4.74 Å². The molecule has 1 heterocycles. The Morgan fingerprint density at radius 1 is 1.10 bits per heavy atom. The maximum Gasteiger partial charge on any atom is 0.0491 e. The van der Waals surface area contributed by atoms with Crippen molar-refractivity contribution in [3.8, 4) is 0 Å². The van der Waals surface area contributed by atoms with E-state index < -0.39 is 0 Å². The molecule has 0 spiro atoms. The summed E-state index contributed by atoms with van der Waals surface area (Å²) >= 11 is 0. The molecule has 0 aromatic carbocycles. The molecule has 1 aliphatic carbocycles. The molecule has 1 atom stereocenters. The van der Waals surface area contributed by atoms with Gasteiger partial charge in [0.1, 0.15) is 0 Å². The van der Waals surface area contributed by atoms with Crippen LogP contribution in [-0.2, 0) is 4.74 Å². The van der Waals surface area contributed by atoms with Crippen LogP contribution in [0.3, 0.4) is 0 Å². The minimum absolute atomic E-state index is 0.726. The Hall–Kier alpha value is -0.120. The highest BCUT2D eigenvalue weighted by atomic mass is 16.5. The fraction of sp³-hybridized carbons (Fsp3) is 1.00. The Bertz CT molecular complexity index is 258. The van der Waals surface area contributed by atoms with Crippen molar-refractivity contribution in [1.82, 2.24) is 10.2 Å². The van der Waals surface area contributed by atoms with E-state index in [1.54, 1.807) is 0 Å². The molecule has 2 aliphatic rings. The van der Waals surface area contributed by atoms with Crippen LogP contribution in [0.25, 0.3) is 0 Å². The molecule has 0 aromatic heterocycles. The molecule has 0 radical (unpaired) electrons. The first-order valence-electron chi connectivity index (χ1n) is 9.28. The zero-order chi connectivity index (χ0) is 14.9. The summed E-state index contributed by atoms with van der Waals surface area (Å²) in [5.74, 6) is 1.71. The Kier molecular flexibility index (Phi) is 8.05. The van der Waals surface area contributed by atoms with Gasteiger partial charge in [0.2, 0.25) is 0 Å². The first-order valence-corrected chi connectivity index (χ1v) is 9.28. The third-order valence-electron chi connectivity index (χ3n) is 5.44. The fourth-order valence-electron chi connectivity index (χ4n) is 4.10. The van der Waals surface area contributed by atoms with Gasteiger partial charge in [-0.25, -0.2) is 0 Å². The van der Waals surface area contributed by atoms with Crippen LogP contribution in [0.1, 0.15) is 58.3 Å². The molecule has 0 bridgehead atoms. The summed E-state index contributed by atoms with van der Waals surface area (Å²) < 4.78 is 5.32. The number of likely N-dealkylation sites (tertiary alicyclic amines) is 1. The van der Waals surface area contributed by atoms with Crippen LogP contribution in [0.15, 0.2) is 0 Å². The largest absolute Gasteiger partial charge is 0.384 e. The molecule has 21 heavy (non-hydrogen) atoms. The second kappa shape index (κ2) is 9.81. The van der Waals surface area contributed by atoms with Gasteiger partial charge in [0.05, 0.1) is 0 Å². The Labute approximate surface area is 131 Å². The highest BCUT2D eigenvalue weighted by Crippen LogP contribution is 2.28. The third kappa shape index (κ3) is 5.88. The predicted octanol–water partition coefficient (Wildman–Crippen LogP) is 3.29. The van der Waals surface area contributed by atoms with E-state index in [-0.39, 0.29) is 0 Å². The van der Waals surface area contributed by atoms with Crippen LogP contribution < -0.4 is 5.32 Å². The van der Waals surface area contributed by atoms with Gasteiger partial charge in [0, 0.05) is 26.3 Å². The zero-order valence-electron chi connectivity index (χ0n) is 14.3. The van der Waals surface area contributed by atoms with Gasteiger partial charge in [-0.05, 0) is 63.6 Å². The zero-order valence-corrected chi connectivity index (χ0v) is 14.3. The lowest BCUT2D eigenvalue weighted by Gasteiger charge is -2.38. The lowest BCUT2D eigenvalue weighted by molar-refractivity contribution is 0.0883. The van der Waals surface area contributed by atoms with Gasteiger partial charge in [-0.15, -0.1) is 0 Å². The molecule has 3 nitrogen and oxygen atoms in total. The van der Waals surface area contributed by atoms with Crippen LogP contribution in [0.4, 0.5) is 0 Å². The highest BCUT2D eigenvalue weighted by Gasteiger charge is 2.27. The number of piperidine rings is 1. The van der Waals surface area contributed by atoms with E-state index in [9.17, 15) is 0 Å². The van der Waals surface area contributed by atoms with Crippen molar-refractivity contribution in [2.45, 2.75) is 64.3 Å². The number of methoxy groups -OCH3 is 1. The summed E-state index contributed by atoms with van der Waals surface area (Å²) in [6, 6.07) is 0.726. The van der Waals surface area contributed by atoms with E-state index in [0.29, 0.717) is 0 Å². The van der Waals surface area contributed by atoms with Crippen LogP contribution in [0.2, 0.25) is 0 Å². The molecule has 0 amide bonds. The number of ether oxygens (including phenoxy) is 1. The fourth-order valence-corrected chi connectivity index (χ4v) is 4.10. The second-order valence-corrected chi connectivity index (χ2v) is 7.16. The minimum atomic E-state index is 0.726. The van der Waals surface area contributed by atoms with Crippen molar-refractivity contribution >= 4 is 0 Å². The summed E-state index contributed by atoms with van der Waals surface area (Å²) in [6.07, 6.45) is 11.1. The van der Waals surface area contributed by atoms with Crippen LogP contribution in [0.5, 0.6) is 0 Å². The van der Waals surface area contributed by atoms with Crippen molar-refractivity contribution in [2.75, 3.05) is 39.9 Å². The van der Waals surface area contributed by atoms with Gasteiger partial charge in [0.25, 0.3) is 0 Å². The molecule has 1 unspecified atom stereocenters. The van der Waals surface area contributed by atoms with Gasteiger partial charge < -0.3 is 15.0 Å². The molecular weight excluding hydrogens is 260 g/mol. The second-order valence-electron chi connectivity index (χ2n) is 7.16. The first kappa shape index (κ1) is 17.2. The van der Waals surface area contributed by atoms with Gasteiger partial charge in [0.15, 0.2) is 0 Å². The standard InChI is InChI=1S/C18H36N2O/c1-3-11-19-18(17-7-5-4-6-8-17)14-20-12-9-16(10-13-20)15-21-2/h16-19H,3-15H2,1-2H3. The van der Waals surface area contributed by atoms with E-state index in [1.165, 1.54) is 77.5 Å². The molecule has 1 saturated carbocycles. The van der Waals surface area contributed by atoms with Gasteiger partial charge in [-0.1, -0.05) is 26.2 Å². The maximum atomic E-state index is 5.32. The molecular formula is C18H36N2O. The predicted molar refractivity (Wildman–Crippen MR) is 89.7 cm³/mol. The molecule has 2 rings (SSSR count). The number of hydrogen-bond acceptors (Lipinski definition) is 3. The quantitative estimate of drug-likeness (QED) is 0.744. The number of rotatable bonds is 8. The van der Waals surface area contributed by atoms with E-state index >= 15 is 0 Å². The summed E-state index contributed by atoms with van der Waals surface area (Å²) in [5.41, 5.74) is 0. The van der Waals surface area contributed by atoms with Crippen LogP contribution in [-0.4, -0.2) is 50.8 Å². The average molecular weight is 296 g/mol. The van der Waals surface area contributed by atoms with Crippen molar-refractivity contribution < 1.29 is 4.74 Å². The van der Waals surface area contributed by atoms with Crippen LogP contribution >= 0.6 is 0 Å². The molecule has 2 fully saturated rings. The third-order valence-corrected chi connectivity index (χ3v) is 5.44. The van der Waals surface area contributed by atoms with Gasteiger partial charge >= 0.3 is 0 Å². The van der Waals surface area contributed by atoms with E-state index in [2.05, 4.69) is 17.1 Å². The minimum Gasteiger partial charge on any atom is -0.384 e. The lowest BCUT2D eigenvalue weighted by atomic mass is 9.83. The highest BCUT2D eigenvalue weighted by molar-refractivity contribution is 4.84. The summed E-state index contributed by atoms with van der Waals surface area (Å²) in [7, 11) is 1.83.